The first-order valence-corrected chi connectivity index (χ1v) is 7.32. The lowest BCUT2D eigenvalue weighted by atomic mass is 10.0. The topological polar surface area (TPSA) is 99.4 Å². The molecule has 21 heavy (non-hydrogen) atoms. The van der Waals surface area contributed by atoms with Gasteiger partial charge in [-0.2, -0.15) is 5.26 Å². The van der Waals surface area contributed by atoms with E-state index < -0.39 is 17.9 Å². The van der Waals surface area contributed by atoms with Gasteiger partial charge in [0.05, 0.1) is 36.6 Å². The predicted molar refractivity (Wildman–Crippen MR) is 76.0 cm³/mol. The Bertz CT molecular complexity index is 585. The van der Waals surface area contributed by atoms with Crippen molar-refractivity contribution in [1.82, 2.24) is 5.32 Å². The number of rotatable bonds is 5. The Kier molecular flexibility index (Phi) is 5.20. The summed E-state index contributed by atoms with van der Waals surface area (Å²) in [5, 5.41) is 20.4. The number of thioether (sulfide) groups is 1. The molecule has 1 aromatic rings. The first-order valence-electron chi connectivity index (χ1n) is 6.33. The van der Waals surface area contributed by atoms with Crippen molar-refractivity contribution < 1.29 is 19.4 Å². The van der Waals surface area contributed by atoms with Crippen molar-refractivity contribution in [3.63, 3.8) is 0 Å². The van der Waals surface area contributed by atoms with Gasteiger partial charge in [-0.3, -0.25) is 9.59 Å². The Morgan fingerprint density at radius 2 is 2.19 bits per heavy atom. The molecule has 2 N–H and O–H groups in total. The number of carbonyl (C=O) groups excluding carboxylic acids is 1. The van der Waals surface area contributed by atoms with Crippen LogP contribution in [0, 0.1) is 17.2 Å². The second-order valence-electron chi connectivity index (χ2n) is 4.51. The molecule has 1 saturated heterocycles. The van der Waals surface area contributed by atoms with Crippen molar-refractivity contribution in [3.8, 4) is 6.07 Å². The van der Waals surface area contributed by atoms with Gasteiger partial charge in [0.15, 0.2) is 0 Å². The van der Waals surface area contributed by atoms with Gasteiger partial charge >= 0.3 is 5.97 Å². The maximum absolute atomic E-state index is 12.3. The second kappa shape index (κ2) is 7.11. The monoisotopic (exact) mass is 306 g/mol. The highest BCUT2D eigenvalue weighted by Crippen LogP contribution is 2.23. The Morgan fingerprint density at radius 1 is 1.43 bits per heavy atom. The number of ether oxygens (including phenoxy) is 1. The van der Waals surface area contributed by atoms with Gasteiger partial charge in [0.1, 0.15) is 5.92 Å². The van der Waals surface area contributed by atoms with Crippen LogP contribution in [-0.4, -0.2) is 42.0 Å². The highest BCUT2D eigenvalue weighted by molar-refractivity contribution is 7.99. The number of carbonyl (C=O) groups is 2. The van der Waals surface area contributed by atoms with Gasteiger partial charge in [0.2, 0.25) is 0 Å². The number of carboxylic acids is 1. The van der Waals surface area contributed by atoms with E-state index in [0.717, 1.165) is 0 Å². The van der Waals surface area contributed by atoms with Crippen LogP contribution in [0.1, 0.15) is 10.4 Å². The molecule has 0 saturated carbocycles. The summed E-state index contributed by atoms with van der Waals surface area (Å²) in [5.41, 5.74) is 0.439. The van der Waals surface area contributed by atoms with Crippen molar-refractivity contribution >= 4 is 23.6 Å². The Hall–Kier alpha value is -2.04. The molecule has 6 nitrogen and oxygen atoms in total. The van der Waals surface area contributed by atoms with E-state index in [-0.39, 0.29) is 24.9 Å². The average molecular weight is 306 g/mol. The molecule has 1 aliphatic rings. The molecule has 0 aliphatic carbocycles. The van der Waals surface area contributed by atoms with Crippen LogP contribution in [0.4, 0.5) is 0 Å². The van der Waals surface area contributed by atoms with E-state index >= 15 is 0 Å². The molecule has 7 heteroatoms. The van der Waals surface area contributed by atoms with E-state index in [1.54, 1.807) is 24.3 Å². The highest BCUT2D eigenvalue weighted by Gasteiger charge is 2.35. The number of carboxylic acid groups (broad SMARTS) is 1. The van der Waals surface area contributed by atoms with Gasteiger partial charge in [-0.1, -0.05) is 12.1 Å². The number of amides is 1. The fourth-order valence-corrected chi connectivity index (χ4v) is 2.79. The molecule has 2 atom stereocenters. The van der Waals surface area contributed by atoms with Crippen molar-refractivity contribution in [2.75, 3.05) is 19.0 Å². The number of aliphatic carboxylic acids is 1. The maximum atomic E-state index is 12.3. The number of hydrogen-bond acceptors (Lipinski definition) is 5. The van der Waals surface area contributed by atoms with Crippen LogP contribution < -0.4 is 5.32 Å². The van der Waals surface area contributed by atoms with Gasteiger partial charge in [-0.25, -0.2) is 0 Å². The molecule has 1 heterocycles. The van der Waals surface area contributed by atoms with Crippen LogP contribution in [0.2, 0.25) is 0 Å². The third-order valence-electron chi connectivity index (χ3n) is 3.14. The molecule has 1 aromatic carbocycles. The summed E-state index contributed by atoms with van der Waals surface area (Å²) in [5.74, 6) is -1.81. The van der Waals surface area contributed by atoms with E-state index in [0.29, 0.717) is 10.5 Å². The molecule has 2 rings (SSSR count). The second-order valence-corrected chi connectivity index (χ2v) is 5.52. The normalized spacial score (nSPS) is 20.7. The van der Waals surface area contributed by atoms with Gasteiger partial charge < -0.3 is 15.2 Å². The molecular weight excluding hydrogens is 292 g/mol. The molecule has 0 radical (unpaired) electrons. The largest absolute Gasteiger partial charge is 0.481 e. The third kappa shape index (κ3) is 3.74. The average Bonchev–Trinajstić information content (AvgIpc) is 2.93. The lowest BCUT2D eigenvalue weighted by Crippen LogP contribution is -2.42. The number of nitrogens with one attached hydrogen (secondary N) is 1. The molecule has 2 unspecified atom stereocenters. The van der Waals surface area contributed by atoms with Crippen LogP contribution in [0.15, 0.2) is 29.2 Å². The predicted octanol–water partition coefficient (Wildman–Crippen LogP) is 1.13. The number of nitrogens with zero attached hydrogens (tertiary/aromatic N) is 1. The van der Waals surface area contributed by atoms with Crippen LogP contribution in [0.3, 0.4) is 0 Å². The van der Waals surface area contributed by atoms with Gasteiger partial charge in [-0.15, -0.1) is 11.8 Å². The van der Waals surface area contributed by atoms with Crippen molar-refractivity contribution in [2.45, 2.75) is 10.9 Å². The minimum atomic E-state index is -0.982. The van der Waals surface area contributed by atoms with E-state index in [4.69, 9.17) is 15.1 Å². The number of benzene rings is 1. The third-order valence-corrected chi connectivity index (χ3v) is 4.08. The molecule has 1 aliphatic heterocycles. The molecule has 110 valence electrons. The van der Waals surface area contributed by atoms with Gasteiger partial charge in [0, 0.05) is 4.90 Å². The van der Waals surface area contributed by atoms with Gasteiger partial charge in [-0.05, 0) is 12.1 Å². The van der Waals surface area contributed by atoms with Crippen LogP contribution >= 0.6 is 11.8 Å². The maximum Gasteiger partial charge on any atom is 0.311 e. The van der Waals surface area contributed by atoms with Crippen molar-refractivity contribution in [1.29, 1.82) is 5.26 Å². The zero-order valence-corrected chi connectivity index (χ0v) is 11.9. The lowest BCUT2D eigenvalue weighted by Gasteiger charge is -2.16. The zero-order chi connectivity index (χ0) is 15.2. The summed E-state index contributed by atoms with van der Waals surface area (Å²) in [4.78, 5) is 24.1. The van der Waals surface area contributed by atoms with Crippen molar-refractivity contribution in [3.05, 3.63) is 29.8 Å². The fourth-order valence-electron chi connectivity index (χ4n) is 2.08. The Labute approximate surface area is 126 Å². The van der Waals surface area contributed by atoms with E-state index in [1.165, 1.54) is 11.8 Å². The number of hydrogen-bond donors (Lipinski definition) is 2. The van der Waals surface area contributed by atoms with Crippen LogP contribution in [0.5, 0.6) is 0 Å². The van der Waals surface area contributed by atoms with E-state index in [1.807, 2.05) is 6.07 Å². The highest BCUT2D eigenvalue weighted by atomic mass is 32.2. The number of nitriles is 1. The van der Waals surface area contributed by atoms with E-state index in [2.05, 4.69) is 5.32 Å². The molecule has 0 spiro atoms. The quantitative estimate of drug-likeness (QED) is 0.791. The summed E-state index contributed by atoms with van der Waals surface area (Å²) in [6.45, 7) is 0.293. The molecule has 0 bridgehead atoms. The zero-order valence-electron chi connectivity index (χ0n) is 11.1. The Balaban J connectivity index is 2.10. The summed E-state index contributed by atoms with van der Waals surface area (Å²) < 4.78 is 5.12. The van der Waals surface area contributed by atoms with Crippen LogP contribution in [0.25, 0.3) is 0 Å². The molecule has 1 amide bonds. The first kappa shape index (κ1) is 15.4. The Morgan fingerprint density at radius 3 is 2.90 bits per heavy atom. The standard InChI is InChI=1S/C14H14N2O4S/c15-5-6-21-12-4-2-1-3-9(12)13(17)16-11-8-20-7-10(11)14(18)19/h1-4,10-11H,6-8H2,(H,16,17)(H,18,19). The molecule has 0 aromatic heterocycles. The SMILES string of the molecule is N#CCSc1ccccc1C(=O)NC1COCC1C(=O)O. The summed E-state index contributed by atoms with van der Waals surface area (Å²) in [6, 6.07) is 8.40. The lowest BCUT2D eigenvalue weighted by molar-refractivity contribution is -0.142. The summed E-state index contributed by atoms with van der Waals surface area (Å²) in [7, 11) is 0. The van der Waals surface area contributed by atoms with Crippen molar-refractivity contribution in [2.24, 2.45) is 5.92 Å². The van der Waals surface area contributed by atoms with E-state index in [9.17, 15) is 9.59 Å². The minimum Gasteiger partial charge on any atom is -0.481 e. The smallest absolute Gasteiger partial charge is 0.311 e. The summed E-state index contributed by atoms with van der Waals surface area (Å²) in [6.07, 6.45) is 0. The fraction of sp³-hybridized carbons (Fsp3) is 0.357. The molecule has 1 fully saturated rings. The minimum absolute atomic E-state index is 0.102. The van der Waals surface area contributed by atoms with Gasteiger partial charge in [0.25, 0.3) is 5.91 Å². The first-order chi connectivity index (χ1) is 10.1. The van der Waals surface area contributed by atoms with Crippen LogP contribution in [-0.2, 0) is 9.53 Å². The summed E-state index contributed by atoms with van der Waals surface area (Å²) >= 11 is 1.27. The molecular formula is C14H14N2O4S.